The number of ether oxygens (including phenoxy) is 1. The molecule has 1 N–H and O–H groups in total. The largest absolute Gasteiger partial charge is 0.507 e. The number of nitrogens with zero attached hydrogens (tertiary/aromatic N) is 2. The van der Waals surface area contributed by atoms with Crippen LogP contribution in [0.1, 0.15) is 39.5 Å². The van der Waals surface area contributed by atoms with E-state index in [0.29, 0.717) is 32.5 Å². The second-order valence-electron chi connectivity index (χ2n) is 7.53. The summed E-state index contributed by atoms with van der Waals surface area (Å²) >= 11 is 13.5. The highest BCUT2D eigenvalue weighted by atomic mass is 35.5. The smallest absolute Gasteiger partial charge is 0.301 e. The van der Waals surface area contributed by atoms with Crippen LogP contribution in [-0.2, 0) is 9.59 Å². The highest BCUT2D eigenvalue weighted by Gasteiger charge is 2.49. The summed E-state index contributed by atoms with van der Waals surface area (Å²) in [7, 11) is 1.51. The van der Waals surface area contributed by atoms with Crippen LogP contribution in [0.2, 0.25) is 10.0 Å². The number of Topliss-reactive ketones (excluding diaryl/α,β-unsaturated/α-hetero) is 2. The van der Waals surface area contributed by atoms with E-state index in [9.17, 15) is 19.5 Å². The van der Waals surface area contributed by atoms with E-state index in [1.165, 1.54) is 20.1 Å². The van der Waals surface area contributed by atoms with Gasteiger partial charge in [-0.3, -0.25) is 19.3 Å². The number of rotatable bonds is 5. The lowest BCUT2D eigenvalue weighted by Gasteiger charge is -2.24. The maximum Gasteiger partial charge on any atom is 0.301 e. The molecule has 0 saturated carbocycles. The fourth-order valence-electron chi connectivity index (χ4n) is 3.76. The highest BCUT2D eigenvalue weighted by molar-refractivity contribution is 7.18. The lowest BCUT2D eigenvalue weighted by molar-refractivity contribution is -0.132. The first-order valence-electron chi connectivity index (χ1n) is 10.0. The Kier molecular flexibility index (Phi) is 6.49. The molecule has 0 aliphatic carbocycles. The minimum atomic E-state index is -1.09. The Morgan fingerprint density at radius 2 is 1.82 bits per heavy atom. The highest BCUT2D eigenvalue weighted by Crippen LogP contribution is 2.46. The Morgan fingerprint density at radius 1 is 1.15 bits per heavy atom. The van der Waals surface area contributed by atoms with Crippen molar-refractivity contribution in [3.63, 3.8) is 0 Å². The van der Waals surface area contributed by atoms with Gasteiger partial charge in [-0.05, 0) is 48.9 Å². The van der Waals surface area contributed by atoms with Crippen LogP contribution in [0, 0.1) is 6.92 Å². The van der Waals surface area contributed by atoms with Crippen LogP contribution in [-0.4, -0.2) is 34.7 Å². The number of carbonyl (C=O) groups excluding carboxylic acids is 3. The van der Waals surface area contributed by atoms with E-state index >= 15 is 0 Å². The van der Waals surface area contributed by atoms with Gasteiger partial charge in [-0.15, -0.1) is 0 Å². The number of anilines is 1. The van der Waals surface area contributed by atoms with Crippen LogP contribution >= 0.6 is 34.5 Å². The molecule has 1 aromatic heterocycles. The van der Waals surface area contributed by atoms with Gasteiger partial charge in [0, 0.05) is 22.5 Å². The Labute approximate surface area is 209 Å². The maximum absolute atomic E-state index is 13.2. The molecule has 4 rings (SSSR count). The van der Waals surface area contributed by atoms with Crippen molar-refractivity contribution in [1.29, 1.82) is 0 Å². The molecule has 1 aliphatic heterocycles. The van der Waals surface area contributed by atoms with Gasteiger partial charge in [0.15, 0.2) is 10.9 Å². The third-order valence-corrected chi connectivity index (χ3v) is 7.20. The van der Waals surface area contributed by atoms with Gasteiger partial charge in [-0.1, -0.05) is 40.6 Å². The summed E-state index contributed by atoms with van der Waals surface area (Å²) in [6.45, 7) is 3.05. The number of hydrogen-bond acceptors (Lipinski definition) is 7. The normalized spacial score (nSPS) is 17.3. The molecule has 1 atom stereocenters. The number of ketones is 2. The molecule has 0 spiro atoms. The molecular weight excluding hydrogens is 499 g/mol. The average molecular weight is 517 g/mol. The second kappa shape index (κ2) is 9.21. The van der Waals surface area contributed by atoms with Gasteiger partial charge in [-0.25, -0.2) is 4.98 Å². The molecule has 174 valence electrons. The van der Waals surface area contributed by atoms with Gasteiger partial charge in [0.25, 0.3) is 5.78 Å². The number of carbonyl (C=O) groups is 3. The van der Waals surface area contributed by atoms with Gasteiger partial charge in [0.1, 0.15) is 11.5 Å². The minimum Gasteiger partial charge on any atom is -0.507 e. The molecule has 1 aliphatic rings. The molecule has 2 heterocycles. The first-order valence-corrected chi connectivity index (χ1v) is 11.6. The Bertz CT molecular complexity index is 1360. The van der Waals surface area contributed by atoms with Crippen LogP contribution in [0.15, 0.2) is 48.0 Å². The zero-order chi connectivity index (χ0) is 24.7. The standard InChI is InChI=1S/C24H18Cl2N2O5S/c1-11-22(12(2)29)34-24(27-11)28-19(16-9-6-14(25)10-17(16)26)18(21(31)23(28)32)20(30)13-4-7-15(33-3)8-5-13/h4-10,19,30H,1-3H3/b20-18-. The molecular formula is C24H18Cl2N2O5S. The summed E-state index contributed by atoms with van der Waals surface area (Å²) in [4.78, 5) is 44.4. The Balaban J connectivity index is 1.96. The van der Waals surface area contributed by atoms with Gasteiger partial charge < -0.3 is 9.84 Å². The quantitative estimate of drug-likeness (QED) is 0.205. The molecule has 2 aromatic carbocycles. The van der Waals surface area contributed by atoms with Gasteiger partial charge >= 0.3 is 5.91 Å². The van der Waals surface area contributed by atoms with Crippen LogP contribution in [0.4, 0.5) is 5.13 Å². The zero-order valence-electron chi connectivity index (χ0n) is 18.3. The van der Waals surface area contributed by atoms with Gasteiger partial charge in [0.2, 0.25) is 0 Å². The summed E-state index contributed by atoms with van der Waals surface area (Å²) in [5.41, 5.74) is 0.966. The molecule has 3 aromatic rings. The number of benzene rings is 2. The van der Waals surface area contributed by atoms with Gasteiger partial charge in [-0.2, -0.15) is 0 Å². The fraction of sp³-hybridized carbons (Fsp3) is 0.167. The van der Waals surface area contributed by atoms with Crippen molar-refractivity contribution >= 4 is 62.9 Å². The van der Waals surface area contributed by atoms with Crippen molar-refractivity contribution < 1.29 is 24.2 Å². The molecule has 1 fully saturated rings. The van der Waals surface area contributed by atoms with E-state index in [4.69, 9.17) is 27.9 Å². The van der Waals surface area contributed by atoms with Crippen molar-refractivity contribution in [2.75, 3.05) is 12.0 Å². The van der Waals surface area contributed by atoms with E-state index in [2.05, 4.69) is 4.98 Å². The molecule has 7 nitrogen and oxygen atoms in total. The van der Waals surface area contributed by atoms with E-state index < -0.39 is 17.7 Å². The lowest BCUT2D eigenvalue weighted by Crippen LogP contribution is -2.29. The number of halogens is 2. The predicted octanol–water partition coefficient (Wildman–Crippen LogP) is 5.60. The zero-order valence-corrected chi connectivity index (χ0v) is 20.6. The van der Waals surface area contributed by atoms with Crippen LogP contribution in [0.5, 0.6) is 5.75 Å². The lowest BCUT2D eigenvalue weighted by atomic mass is 9.95. The summed E-state index contributed by atoms with van der Waals surface area (Å²) in [6, 6.07) is 9.95. The van der Waals surface area contributed by atoms with Crippen molar-refractivity contribution in [2.45, 2.75) is 19.9 Å². The van der Waals surface area contributed by atoms with E-state index in [1.54, 1.807) is 43.3 Å². The number of thiazole rings is 1. The summed E-state index contributed by atoms with van der Waals surface area (Å²) < 4.78 is 5.15. The third kappa shape index (κ3) is 4.09. The Morgan fingerprint density at radius 3 is 2.38 bits per heavy atom. The van der Waals surface area contributed by atoms with E-state index in [0.717, 1.165) is 16.2 Å². The number of hydrogen-bond donors (Lipinski definition) is 1. The Hall–Kier alpha value is -3.20. The summed E-state index contributed by atoms with van der Waals surface area (Å²) in [6.07, 6.45) is 0. The number of aryl methyl sites for hydroxylation is 1. The van der Waals surface area contributed by atoms with Crippen molar-refractivity contribution in [1.82, 2.24) is 4.98 Å². The SMILES string of the molecule is COc1ccc(/C(O)=C2/C(=O)C(=O)N(c3nc(C)c(C(C)=O)s3)C2c2ccc(Cl)cc2Cl)cc1. The second-order valence-corrected chi connectivity index (χ2v) is 9.35. The molecule has 1 saturated heterocycles. The molecule has 0 bridgehead atoms. The predicted molar refractivity (Wildman–Crippen MR) is 131 cm³/mol. The molecule has 34 heavy (non-hydrogen) atoms. The first-order chi connectivity index (χ1) is 16.1. The number of methoxy groups -OCH3 is 1. The van der Waals surface area contributed by atoms with Crippen LogP contribution in [0.25, 0.3) is 5.76 Å². The number of aliphatic hydroxyl groups is 1. The number of amides is 1. The monoisotopic (exact) mass is 516 g/mol. The molecule has 10 heteroatoms. The fourth-order valence-corrected chi connectivity index (χ4v) is 5.26. The van der Waals surface area contributed by atoms with Crippen molar-refractivity contribution in [3.8, 4) is 5.75 Å². The third-order valence-electron chi connectivity index (χ3n) is 5.38. The van der Waals surface area contributed by atoms with Crippen LogP contribution in [0.3, 0.4) is 0 Å². The number of aromatic nitrogens is 1. The maximum atomic E-state index is 13.2. The van der Waals surface area contributed by atoms with Crippen molar-refractivity contribution in [3.05, 3.63) is 79.8 Å². The minimum absolute atomic E-state index is 0.148. The van der Waals surface area contributed by atoms with E-state index in [1.807, 2.05) is 0 Å². The molecule has 0 radical (unpaired) electrons. The topological polar surface area (TPSA) is 96.8 Å². The van der Waals surface area contributed by atoms with Gasteiger partial charge in [0.05, 0.1) is 29.3 Å². The summed E-state index contributed by atoms with van der Waals surface area (Å²) in [5.74, 6) is -1.82. The number of aliphatic hydroxyl groups excluding tert-OH is 1. The molecule has 1 unspecified atom stereocenters. The van der Waals surface area contributed by atoms with E-state index in [-0.39, 0.29) is 27.3 Å². The van der Waals surface area contributed by atoms with Crippen LogP contribution < -0.4 is 9.64 Å². The summed E-state index contributed by atoms with van der Waals surface area (Å²) in [5, 5.41) is 11.9. The van der Waals surface area contributed by atoms with Crippen molar-refractivity contribution in [2.24, 2.45) is 0 Å². The molecule has 1 amide bonds. The first kappa shape index (κ1) is 23.9. The average Bonchev–Trinajstić information content (AvgIpc) is 3.30.